The Kier molecular flexibility index (Phi) is 7.36. The lowest BCUT2D eigenvalue weighted by atomic mass is 10.1. The van der Waals surface area contributed by atoms with Crippen LogP contribution in [-0.2, 0) is 13.0 Å². The molecule has 0 aliphatic rings. The van der Waals surface area contributed by atoms with E-state index in [1.165, 1.54) is 17.0 Å². The second-order valence-corrected chi connectivity index (χ2v) is 6.78. The van der Waals surface area contributed by atoms with Gasteiger partial charge in [-0.1, -0.05) is 48.5 Å². The number of aromatic nitrogens is 1. The number of hydrogen-bond donors (Lipinski definition) is 5. The van der Waals surface area contributed by atoms with Crippen LogP contribution in [0.25, 0.3) is 17.0 Å². The van der Waals surface area contributed by atoms with Crippen LogP contribution in [0.3, 0.4) is 0 Å². The van der Waals surface area contributed by atoms with Gasteiger partial charge in [0.05, 0.1) is 6.61 Å². The van der Waals surface area contributed by atoms with Crippen molar-refractivity contribution in [1.29, 1.82) is 0 Å². The number of fused-ring (bicyclic) bond motifs is 1. The summed E-state index contributed by atoms with van der Waals surface area (Å²) in [6.45, 7) is 2.37. The fraction of sp³-hybridized carbons (Fsp3) is 0.273. The fourth-order valence-corrected chi connectivity index (χ4v) is 3.27. The Labute approximate surface area is 164 Å². The van der Waals surface area contributed by atoms with Gasteiger partial charge in [0.1, 0.15) is 6.23 Å². The van der Waals surface area contributed by atoms with Crippen LogP contribution >= 0.6 is 0 Å². The van der Waals surface area contributed by atoms with Crippen molar-refractivity contribution in [3.05, 3.63) is 77.5 Å². The molecule has 1 heterocycles. The van der Waals surface area contributed by atoms with E-state index in [2.05, 4.69) is 34.3 Å². The Bertz CT molecular complexity index is 889. The standard InChI is InChI=1S/C22H27N3O3/c26-14-13-25(12-11-19-15-23-21-4-2-1-3-20(19)21)16-18-7-5-17(6-8-18)9-10-22(27)24-28/h1-10,15,22-24,26-28H,11-14,16H2/b10-9+. The molecule has 0 radical (unpaired) electrons. The summed E-state index contributed by atoms with van der Waals surface area (Å²) in [6, 6.07) is 16.3. The van der Waals surface area contributed by atoms with Crippen molar-refractivity contribution in [2.24, 2.45) is 0 Å². The topological polar surface area (TPSA) is 91.8 Å². The molecule has 2 aromatic carbocycles. The molecule has 0 saturated carbocycles. The minimum Gasteiger partial charge on any atom is -0.395 e. The number of hydrogen-bond acceptors (Lipinski definition) is 5. The van der Waals surface area contributed by atoms with Gasteiger partial charge in [-0.15, -0.1) is 0 Å². The van der Waals surface area contributed by atoms with Gasteiger partial charge in [0.15, 0.2) is 0 Å². The van der Waals surface area contributed by atoms with E-state index in [9.17, 15) is 10.2 Å². The molecule has 6 heteroatoms. The molecule has 3 rings (SSSR count). The maximum atomic E-state index is 9.43. The van der Waals surface area contributed by atoms with E-state index in [-0.39, 0.29) is 6.61 Å². The first-order valence-corrected chi connectivity index (χ1v) is 9.42. The largest absolute Gasteiger partial charge is 0.395 e. The molecule has 0 aliphatic carbocycles. The third-order valence-electron chi connectivity index (χ3n) is 4.78. The van der Waals surface area contributed by atoms with Gasteiger partial charge in [-0.3, -0.25) is 4.90 Å². The zero-order valence-electron chi connectivity index (χ0n) is 15.8. The van der Waals surface area contributed by atoms with Crippen molar-refractivity contribution in [3.63, 3.8) is 0 Å². The number of aliphatic hydroxyl groups is 2. The third-order valence-corrected chi connectivity index (χ3v) is 4.78. The number of benzene rings is 2. The molecule has 0 saturated heterocycles. The summed E-state index contributed by atoms with van der Waals surface area (Å²) in [5.41, 5.74) is 6.29. The Morgan fingerprint density at radius 3 is 2.61 bits per heavy atom. The number of aliphatic hydroxyl groups excluding tert-OH is 2. The number of nitrogens with one attached hydrogen (secondary N) is 2. The third kappa shape index (κ3) is 5.51. The van der Waals surface area contributed by atoms with Crippen molar-refractivity contribution < 1.29 is 15.4 Å². The van der Waals surface area contributed by atoms with Gasteiger partial charge in [0.2, 0.25) is 0 Å². The minimum absolute atomic E-state index is 0.126. The lowest BCUT2D eigenvalue weighted by Gasteiger charge is -2.21. The second kappa shape index (κ2) is 10.2. The van der Waals surface area contributed by atoms with Crippen LogP contribution in [-0.4, -0.2) is 51.2 Å². The molecule has 5 N–H and O–H groups in total. The molecule has 0 aliphatic heterocycles. The first-order valence-electron chi connectivity index (χ1n) is 9.42. The van der Waals surface area contributed by atoms with Crippen LogP contribution in [0.5, 0.6) is 0 Å². The highest BCUT2D eigenvalue weighted by Crippen LogP contribution is 2.19. The van der Waals surface area contributed by atoms with E-state index < -0.39 is 6.23 Å². The van der Waals surface area contributed by atoms with Crippen LogP contribution in [0, 0.1) is 0 Å². The first kappa shape index (κ1) is 20.3. The summed E-state index contributed by atoms with van der Waals surface area (Å²) < 4.78 is 0. The average Bonchev–Trinajstić information content (AvgIpc) is 3.14. The van der Waals surface area contributed by atoms with Gasteiger partial charge in [-0.2, -0.15) is 5.48 Å². The van der Waals surface area contributed by atoms with E-state index in [0.29, 0.717) is 6.54 Å². The molecule has 1 aromatic heterocycles. The Morgan fingerprint density at radius 1 is 1.07 bits per heavy atom. The van der Waals surface area contributed by atoms with Crippen LogP contribution in [0.15, 0.2) is 60.8 Å². The van der Waals surface area contributed by atoms with E-state index in [0.717, 1.165) is 36.2 Å². The number of nitrogens with zero attached hydrogens (tertiary/aromatic N) is 1. The molecule has 0 fully saturated rings. The van der Waals surface area contributed by atoms with Crippen molar-refractivity contribution >= 4 is 17.0 Å². The van der Waals surface area contributed by atoms with Crippen LogP contribution < -0.4 is 5.48 Å². The van der Waals surface area contributed by atoms with Crippen molar-refractivity contribution in [1.82, 2.24) is 15.4 Å². The Morgan fingerprint density at radius 2 is 1.86 bits per heavy atom. The molecule has 28 heavy (non-hydrogen) atoms. The smallest absolute Gasteiger partial charge is 0.146 e. The van der Waals surface area contributed by atoms with Gasteiger partial charge >= 0.3 is 0 Å². The maximum absolute atomic E-state index is 9.43. The normalized spacial score (nSPS) is 13.0. The highest BCUT2D eigenvalue weighted by Gasteiger charge is 2.09. The molecule has 3 aromatic rings. The number of para-hydroxylation sites is 1. The average molecular weight is 381 g/mol. The molecule has 0 bridgehead atoms. The summed E-state index contributed by atoms with van der Waals surface area (Å²) in [5, 5.41) is 28.6. The Balaban J connectivity index is 1.60. The van der Waals surface area contributed by atoms with E-state index in [1.807, 2.05) is 30.3 Å². The molecule has 1 atom stereocenters. The molecule has 0 spiro atoms. The zero-order valence-corrected chi connectivity index (χ0v) is 15.8. The van der Waals surface area contributed by atoms with Crippen molar-refractivity contribution in [2.45, 2.75) is 19.2 Å². The molecule has 0 amide bonds. The first-order chi connectivity index (χ1) is 13.7. The summed E-state index contributed by atoms with van der Waals surface area (Å²) in [5.74, 6) is 0. The quantitative estimate of drug-likeness (QED) is 0.275. The van der Waals surface area contributed by atoms with E-state index >= 15 is 0 Å². The predicted octanol–water partition coefficient (Wildman–Crippen LogP) is 2.52. The van der Waals surface area contributed by atoms with Crippen molar-refractivity contribution in [3.8, 4) is 0 Å². The highest BCUT2D eigenvalue weighted by atomic mass is 16.5. The number of aromatic amines is 1. The van der Waals surface area contributed by atoms with Gasteiger partial charge in [-0.05, 0) is 35.3 Å². The van der Waals surface area contributed by atoms with E-state index in [4.69, 9.17) is 5.21 Å². The van der Waals surface area contributed by atoms with Crippen LogP contribution in [0.4, 0.5) is 0 Å². The summed E-state index contributed by atoms with van der Waals surface area (Å²) in [4.78, 5) is 5.55. The minimum atomic E-state index is -1.08. The lowest BCUT2D eigenvalue weighted by molar-refractivity contribution is 0.0323. The zero-order chi connectivity index (χ0) is 19.8. The summed E-state index contributed by atoms with van der Waals surface area (Å²) in [7, 11) is 0. The molecule has 6 nitrogen and oxygen atoms in total. The van der Waals surface area contributed by atoms with Crippen LogP contribution in [0.1, 0.15) is 16.7 Å². The number of H-pyrrole nitrogens is 1. The van der Waals surface area contributed by atoms with Gasteiger partial charge in [0.25, 0.3) is 0 Å². The number of rotatable bonds is 10. The van der Waals surface area contributed by atoms with Crippen molar-refractivity contribution in [2.75, 3.05) is 19.7 Å². The summed E-state index contributed by atoms with van der Waals surface area (Å²) >= 11 is 0. The van der Waals surface area contributed by atoms with Gasteiger partial charge < -0.3 is 20.4 Å². The monoisotopic (exact) mass is 381 g/mol. The molecule has 148 valence electrons. The fourth-order valence-electron chi connectivity index (χ4n) is 3.27. The number of hydroxylamine groups is 1. The molecular weight excluding hydrogens is 354 g/mol. The SMILES string of the molecule is OCCN(CCc1c[nH]c2ccccc12)Cc1ccc(/C=C/C(O)NO)cc1. The maximum Gasteiger partial charge on any atom is 0.146 e. The second-order valence-electron chi connectivity index (χ2n) is 6.78. The van der Waals surface area contributed by atoms with E-state index in [1.54, 1.807) is 11.6 Å². The predicted molar refractivity (Wildman–Crippen MR) is 111 cm³/mol. The molecule has 1 unspecified atom stereocenters. The lowest BCUT2D eigenvalue weighted by Crippen LogP contribution is -2.28. The Hall–Kier alpha value is -2.48. The highest BCUT2D eigenvalue weighted by molar-refractivity contribution is 5.83. The van der Waals surface area contributed by atoms with Crippen LogP contribution in [0.2, 0.25) is 0 Å². The molecular formula is C22H27N3O3. The van der Waals surface area contributed by atoms with Gasteiger partial charge in [-0.25, -0.2) is 0 Å². The summed E-state index contributed by atoms with van der Waals surface area (Å²) in [6.07, 6.45) is 5.11. The van der Waals surface area contributed by atoms with Gasteiger partial charge in [0, 0.05) is 36.7 Å².